The largest absolute Gasteiger partial charge is 0.435 e. The maximum absolute atomic E-state index is 13.5. The van der Waals surface area contributed by atoms with Gasteiger partial charge in [0.2, 0.25) is 0 Å². The molecule has 0 aliphatic carbocycles. The maximum atomic E-state index is 13.5. The average Bonchev–Trinajstić information content (AvgIpc) is 3.25. The number of carbonyl (C=O) groups excluding carboxylic acids is 1. The van der Waals surface area contributed by atoms with Crippen molar-refractivity contribution in [1.82, 2.24) is 20.2 Å². The SMILES string of the molecule is Cc1ccc(-c2ccncc2)cc1-c1cc(C(F)(F)F)nn1-c1ccc(C(=O)NO)cc1. The number of rotatable bonds is 4. The minimum Gasteiger partial charge on any atom is -0.288 e. The van der Waals surface area contributed by atoms with Crippen LogP contribution in [0.1, 0.15) is 21.6 Å². The van der Waals surface area contributed by atoms with Gasteiger partial charge in [0.25, 0.3) is 5.91 Å². The highest BCUT2D eigenvalue weighted by Gasteiger charge is 2.35. The third-order valence-corrected chi connectivity index (χ3v) is 5.00. The van der Waals surface area contributed by atoms with Crippen LogP contribution in [0.15, 0.2) is 73.1 Å². The van der Waals surface area contributed by atoms with Crippen LogP contribution in [0.3, 0.4) is 0 Å². The summed E-state index contributed by atoms with van der Waals surface area (Å²) in [6, 6.07) is 15.9. The molecular formula is C23H17F3N4O2. The quantitative estimate of drug-likeness (QED) is 0.345. The van der Waals surface area contributed by atoms with Gasteiger partial charge in [0.1, 0.15) is 0 Å². The molecular weight excluding hydrogens is 421 g/mol. The number of amides is 1. The van der Waals surface area contributed by atoms with Gasteiger partial charge in [-0.05, 0) is 72.1 Å². The molecule has 0 unspecified atom stereocenters. The number of halogens is 3. The second-order valence-electron chi connectivity index (χ2n) is 7.08. The second-order valence-corrected chi connectivity index (χ2v) is 7.08. The standard InChI is InChI=1S/C23H17F3N4O2/c1-14-2-3-17(15-8-10-27-11-9-15)12-19(14)20-13-21(23(24,25)26)28-30(20)18-6-4-16(5-7-18)22(31)29-32/h2-13,32H,1H3,(H,29,31). The minimum absolute atomic E-state index is 0.150. The average molecular weight is 438 g/mol. The van der Waals surface area contributed by atoms with Gasteiger partial charge in [-0.25, -0.2) is 10.2 Å². The Hall–Kier alpha value is -3.98. The molecule has 4 rings (SSSR count). The van der Waals surface area contributed by atoms with Crippen LogP contribution in [-0.4, -0.2) is 25.9 Å². The number of carbonyl (C=O) groups is 1. The smallest absolute Gasteiger partial charge is 0.288 e. The highest BCUT2D eigenvalue weighted by Crippen LogP contribution is 2.36. The summed E-state index contributed by atoms with van der Waals surface area (Å²) in [6.45, 7) is 1.81. The van der Waals surface area contributed by atoms with E-state index in [-0.39, 0.29) is 11.3 Å². The van der Waals surface area contributed by atoms with Crippen molar-refractivity contribution in [2.24, 2.45) is 0 Å². The lowest BCUT2D eigenvalue weighted by Crippen LogP contribution is -2.18. The van der Waals surface area contributed by atoms with Crippen LogP contribution in [0.2, 0.25) is 0 Å². The van der Waals surface area contributed by atoms with Crippen LogP contribution in [-0.2, 0) is 6.18 Å². The highest BCUT2D eigenvalue weighted by atomic mass is 19.4. The van der Waals surface area contributed by atoms with Gasteiger partial charge in [-0.2, -0.15) is 18.3 Å². The third kappa shape index (κ3) is 4.10. The van der Waals surface area contributed by atoms with Crippen molar-refractivity contribution < 1.29 is 23.2 Å². The molecule has 2 heterocycles. The van der Waals surface area contributed by atoms with Crippen LogP contribution in [0.4, 0.5) is 13.2 Å². The molecule has 0 radical (unpaired) electrons. The maximum Gasteiger partial charge on any atom is 0.435 e. The zero-order chi connectivity index (χ0) is 22.9. The first-order chi connectivity index (χ1) is 15.3. The normalized spacial score (nSPS) is 11.4. The lowest BCUT2D eigenvalue weighted by Gasteiger charge is -2.12. The van der Waals surface area contributed by atoms with E-state index in [1.54, 1.807) is 12.4 Å². The number of nitrogens with one attached hydrogen (secondary N) is 1. The Morgan fingerprint density at radius 3 is 2.28 bits per heavy atom. The van der Waals surface area contributed by atoms with Crippen molar-refractivity contribution in [3.05, 3.63) is 89.9 Å². The Labute approximate surface area is 180 Å². The summed E-state index contributed by atoms with van der Waals surface area (Å²) in [4.78, 5) is 15.6. The molecule has 0 aliphatic rings. The van der Waals surface area contributed by atoms with Crippen LogP contribution >= 0.6 is 0 Å². The summed E-state index contributed by atoms with van der Waals surface area (Å²) in [5, 5.41) is 12.6. The number of hydroxylamine groups is 1. The number of benzene rings is 2. The molecule has 1 amide bonds. The van der Waals surface area contributed by atoms with Gasteiger partial charge in [0, 0.05) is 23.5 Å². The van der Waals surface area contributed by atoms with Crippen molar-refractivity contribution in [2.75, 3.05) is 0 Å². The molecule has 0 spiro atoms. The third-order valence-electron chi connectivity index (χ3n) is 5.00. The van der Waals surface area contributed by atoms with Crippen LogP contribution in [0.25, 0.3) is 28.1 Å². The number of aryl methyl sites for hydroxylation is 1. The molecule has 2 aromatic carbocycles. The summed E-state index contributed by atoms with van der Waals surface area (Å²) in [5.74, 6) is -0.728. The Morgan fingerprint density at radius 1 is 0.969 bits per heavy atom. The van der Waals surface area contributed by atoms with Crippen molar-refractivity contribution in [2.45, 2.75) is 13.1 Å². The summed E-state index contributed by atoms with van der Waals surface area (Å²) in [6.07, 6.45) is -1.34. The van der Waals surface area contributed by atoms with Gasteiger partial charge in [0.15, 0.2) is 5.69 Å². The molecule has 4 aromatic rings. The summed E-state index contributed by atoms with van der Waals surface area (Å²) in [7, 11) is 0. The fourth-order valence-corrected chi connectivity index (χ4v) is 3.35. The zero-order valence-electron chi connectivity index (χ0n) is 16.8. The molecule has 0 bridgehead atoms. The van der Waals surface area contributed by atoms with Crippen molar-refractivity contribution >= 4 is 5.91 Å². The predicted octanol–water partition coefficient (Wildman–Crippen LogP) is 5.05. The van der Waals surface area contributed by atoms with Crippen molar-refractivity contribution in [3.8, 4) is 28.1 Å². The van der Waals surface area contributed by atoms with Crippen molar-refractivity contribution in [3.63, 3.8) is 0 Å². The number of aromatic nitrogens is 3. The number of hydrogen-bond donors (Lipinski definition) is 2. The molecule has 0 saturated heterocycles. The highest BCUT2D eigenvalue weighted by molar-refractivity contribution is 5.93. The number of alkyl halides is 3. The monoisotopic (exact) mass is 438 g/mol. The first-order valence-corrected chi connectivity index (χ1v) is 9.51. The molecule has 9 heteroatoms. The van der Waals surface area contributed by atoms with Crippen LogP contribution in [0, 0.1) is 6.92 Å². The second kappa shape index (κ2) is 8.27. The predicted molar refractivity (Wildman–Crippen MR) is 111 cm³/mol. The van der Waals surface area contributed by atoms with E-state index in [4.69, 9.17) is 5.21 Å². The van der Waals surface area contributed by atoms with E-state index in [0.717, 1.165) is 22.8 Å². The van der Waals surface area contributed by atoms with Gasteiger partial charge in [-0.3, -0.25) is 15.0 Å². The molecule has 6 nitrogen and oxygen atoms in total. The summed E-state index contributed by atoms with van der Waals surface area (Å²) < 4.78 is 41.7. The first-order valence-electron chi connectivity index (χ1n) is 9.51. The lowest BCUT2D eigenvalue weighted by molar-refractivity contribution is -0.141. The number of pyridine rings is 1. The van der Waals surface area contributed by atoms with E-state index < -0.39 is 17.8 Å². The van der Waals surface area contributed by atoms with E-state index in [1.807, 2.05) is 37.3 Å². The molecule has 2 N–H and O–H groups in total. The molecule has 2 aromatic heterocycles. The molecule has 0 aliphatic heterocycles. The van der Waals surface area contributed by atoms with E-state index in [2.05, 4.69) is 10.1 Å². The Morgan fingerprint density at radius 2 is 1.66 bits per heavy atom. The van der Waals surface area contributed by atoms with Gasteiger partial charge < -0.3 is 0 Å². The van der Waals surface area contributed by atoms with Gasteiger partial charge >= 0.3 is 6.18 Å². The minimum atomic E-state index is -4.63. The molecule has 32 heavy (non-hydrogen) atoms. The van der Waals surface area contributed by atoms with Gasteiger partial charge in [0.05, 0.1) is 11.4 Å². The van der Waals surface area contributed by atoms with E-state index >= 15 is 0 Å². The number of nitrogens with zero attached hydrogens (tertiary/aromatic N) is 3. The lowest BCUT2D eigenvalue weighted by atomic mass is 9.98. The summed E-state index contributed by atoms with van der Waals surface area (Å²) in [5.41, 5.74) is 4.28. The van der Waals surface area contributed by atoms with E-state index in [0.29, 0.717) is 11.3 Å². The van der Waals surface area contributed by atoms with Gasteiger partial charge in [-0.1, -0.05) is 12.1 Å². The van der Waals surface area contributed by atoms with Crippen LogP contribution < -0.4 is 5.48 Å². The Bertz CT molecular complexity index is 1270. The zero-order valence-corrected chi connectivity index (χ0v) is 16.8. The van der Waals surface area contributed by atoms with E-state index in [1.165, 1.54) is 34.4 Å². The van der Waals surface area contributed by atoms with Crippen LogP contribution in [0.5, 0.6) is 0 Å². The molecule has 0 atom stereocenters. The topological polar surface area (TPSA) is 80.0 Å². The fourth-order valence-electron chi connectivity index (χ4n) is 3.35. The van der Waals surface area contributed by atoms with Crippen molar-refractivity contribution in [1.29, 1.82) is 0 Å². The molecule has 0 saturated carbocycles. The Balaban J connectivity index is 1.88. The summed E-state index contributed by atoms with van der Waals surface area (Å²) >= 11 is 0. The van der Waals surface area contributed by atoms with E-state index in [9.17, 15) is 18.0 Å². The molecule has 0 fully saturated rings. The number of hydrogen-bond acceptors (Lipinski definition) is 4. The first kappa shape index (κ1) is 21.3. The van der Waals surface area contributed by atoms with Gasteiger partial charge in [-0.15, -0.1) is 0 Å². The molecule has 162 valence electrons. The fraction of sp³-hybridized carbons (Fsp3) is 0.0870. The Kier molecular flexibility index (Phi) is 5.50.